The third-order valence-corrected chi connectivity index (χ3v) is 3.61. The Hall–Kier alpha value is -1.34. The van der Waals surface area contributed by atoms with Crippen molar-refractivity contribution >= 4 is 38.9 Å². The van der Waals surface area contributed by atoms with E-state index in [0.29, 0.717) is 6.54 Å². The first-order chi connectivity index (χ1) is 7.56. The summed E-state index contributed by atoms with van der Waals surface area (Å²) in [6.45, 7) is 0.522. The van der Waals surface area contributed by atoms with Crippen LogP contribution in [0.2, 0.25) is 0 Å². The van der Waals surface area contributed by atoms with E-state index in [9.17, 15) is 4.79 Å². The number of carboxylic acids is 1. The van der Waals surface area contributed by atoms with Gasteiger partial charge in [-0.25, -0.2) is 4.79 Å². The Morgan fingerprint density at radius 3 is 2.94 bits per heavy atom. The van der Waals surface area contributed by atoms with Gasteiger partial charge in [0.25, 0.3) is 0 Å². The fourth-order valence-electron chi connectivity index (χ4n) is 1.28. The molecule has 2 rings (SSSR count). The van der Waals surface area contributed by atoms with Crippen LogP contribution in [0.1, 0.15) is 15.4 Å². The zero-order chi connectivity index (χ0) is 11.7. The molecule has 0 unspecified atom stereocenters. The van der Waals surface area contributed by atoms with E-state index < -0.39 is 5.97 Å². The van der Waals surface area contributed by atoms with Crippen LogP contribution in [0.5, 0.6) is 0 Å². The summed E-state index contributed by atoms with van der Waals surface area (Å²) >= 11 is 4.92. The van der Waals surface area contributed by atoms with Crippen molar-refractivity contribution in [3.05, 3.63) is 32.7 Å². The summed E-state index contributed by atoms with van der Waals surface area (Å²) in [4.78, 5) is 11.8. The van der Waals surface area contributed by atoms with Gasteiger partial charge in [0.15, 0.2) is 5.69 Å². The van der Waals surface area contributed by atoms with Gasteiger partial charge in [-0.1, -0.05) is 0 Å². The number of hydrogen-bond donors (Lipinski definition) is 2. The number of halogens is 1. The van der Waals surface area contributed by atoms with Gasteiger partial charge in [-0.15, -0.1) is 11.3 Å². The zero-order valence-electron chi connectivity index (χ0n) is 8.05. The topological polar surface area (TPSA) is 81.1 Å². The molecule has 0 radical (unpaired) electrons. The van der Waals surface area contributed by atoms with Crippen molar-refractivity contribution in [2.75, 3.05) is 5.73 Å². The lowest BCUT2D eigenvalue weighted by Crippen LogP contribution is -2.03. The van der Waals surface area contributed by atoms with Crippen molar-refractivity contribution in [3.8, 4) is 0 Å². The highest BCUT2D eigenvalue weighted by molar-refractivity contribution is 9.10. The Bertz CT molecular complexity index is 535. The molecule has 0 aromatic carbocycles. The van der Waals surface area contributed by atoms with Gasteiger partial charge in [-0.3, -0.25) is 4.68 Å². The van der Waals surface area contributed by atoms with Gasteiger partial charge in [0.2, 0.25) is 0 Å². The van der Waals surface area contributed by atoms with Crippen molar-refractivity contribution in [3.63, 3.8) is 0 Å². The van der Waals surface area contributed by atoms with Crippen LogP contribution in [-0.2, 0) is 6.54 Å². The summed E-state index contributed by atoms with van der Waals surface area (Å²) in [7, 11) is 0. The molecule has 0 atom stereocenters. The molecule has 0 aliphatic heterocycles. The van der Waals surface area contributed by atoms with E-state index in [-0.39, 0.29) is 11.4 Å². The first kappa shape index (κ1) is 11.2. The van der Waals surface area contributed by atoms with E-state index in [1.807, 2.05) is 11.4 Å². The second kappa shape index (κ2) is 4.26. The van der Waals surface area contributed by atoms with Crippen molar-refractivity contribution < 1.29 is 9.90 Å². The Balaban J connectivity index is 2.22. The molecule has 0 fully saturated rings. The third-order valence-electron chi connectivity index (χ3n) is 1.93. The second-order valence-electron chi connectivity index (χ2n) is 3.17. The quantitative estimate of drug-likeness (QED) is 0.909. The third kappa shape index (κ3) is 2.25. The van der Waals surface area contributed by atoms with Crippen LogP contribution in [0.15, 0.2) is 22.1 Å². The Labute approximate surface area is 104 Å². The molecule has 84 valence electrons. The minimum absolute atomic E-state index is 0.101. The minimum atomic E-state index is -1.11. The lowest BCUT2D eigenvalue weighted by Gasteiger charge is -1.96. The molecule has 2 aromatic rings. The number of hydrogen-bond acceptors (Lipinski definition) is 4. The number of carbonyl (C=O) groups is 1. The Kier molecular flexibility index (Phi) is 2.97. The normalized spacial score (nSPS) is 10.6. The SMILES string of the molecule is Nc1cn(Cc2cc(Br)cs2)nc1C(=O)O. The van der Waals surface area contributed by atoms with Crippen molar-refractivity contribution in [1.82, 2.24) is 9.78 Å². The number of nitrogen functional groups attached to an aromatic ring is 1. The second-order valence-corrected chi connectivity index (χ2v) is 5.08. The lowest BCUT2D eigenvalue weighted by atomic mass is 10.4. The highest BCUT2D eigenvalue weighted by Gasteiger charge is 2.13. The number of nitrogens with two attached hydrogens (primary N) is 1. The Morgan fingerprint density at radius 1 is 1.69 bits per heavy atom. The van der Waals surface area contributed by atoms with E-state index in [4.69, 9.17) is 10.8 Å². The zero-order valence-corrected chi connectivity index (χ0v) is 10.5. The molecular formula is C9H8BrN3O2S. The molecule has 0 amide bonds. The van der Waals surface area contributed by atoms with Gasteiger partial charge in [0, 0.05) is 20.9 Å². The van der Waals surface area contributed by atoms with E-state index in [2.05, 4.69) is 21.0 Å². The molecule has 7 heteroatoms. The molecule has 0 spiro atoms. The number of anilines is 1. The van der Waals surface area contributed by atoms with Crippen molar-refractivity contribution in [2.24, 2.45) is 0 Å². The van der Waals surface area contributed by atoms with Crippen LogP contribution in [0.4, 0.5) is 5.69 Å². The van der Waals surface area contributed by atoms with Gasteiger partial charge < -0.3 is 10.8 Å². The minimum Gasteiger partial charge on any atom is -0.476 e. The standard InChI is InChI=1S/C9H8BrN3O2S/c10-5-1-6(16-4-5)2-13-3-7(11)8(12-13)9(14)15/h1,3-4H,2,11H2,(H,14,15). The van der Waals surface area contributed by atoms with Crippen LogP contribution in [0.25, 0.3) is 0 Å². The summed E-state index contributed by atoms with van der Waals surface area (Å²) in [6.07, 6.45) is 1.52. The largest absolute Gasteiger partial charge is 0.476 e. The fraction of sp³-hybridized carbons (Fsp3) is 0.111. The van der Waals surface area contributed by atoms with E-state index in [1.54, 1.807) is 11.3 Å². The van der Waals surface area contributed by atoms with Crippen molar-refractivity contribution in [1.29, 1.82) is 0 Å². The number of thiophene rings is 1. The molecule has 0 aliphatic carbocycles. The molecule has 3 N–H and O–H groups in total. The number of aromatic carboxylic acids is 1. The number of rotatable bonds is 3. The van der Waals surface area contributed by atoms with Crippen LogP contribution in [0, 0.1) is 0 Å². The number of carboxylic acid groups (broad SMARTS) is 1. The van der Waals surface area contributed by atoms with E-state index in [1.165, 1.54) is 10.9 Å². The van der Waals surface area contributed by atoms with Crippen LogP contribution >= 0.6 is 27.3 Å². The maximum absolute atomic E-state index is 10.7. The predicted octanol–water partition coefficient (Wildman–Crippen LogP) is 2.04. The molecule has 16 heavy (non-hydrogen) atoms. The van der Waals surface area contributed by atoms with E-state index >= 15 is 0 Å². The summed E-state index contributed by atoms with van der Waals surface area (Å²) in [5.74, 6) is -1.11. The maximum atomic E-state index is 10.7. The highest BCUT2D eigenvalue weighted by atomic mass is 79.9. The highest BCUT2D eigenvalue weighted by Crippen LogP contribution is 2.21. The number of nitrogens with zero attached hydrogens (tertiary/aromatic N) is 2. The smallest absolute Gasteiger partial charge is 0.358 e. The summed E-state index contributed by atoms with van der Waals surface area (Å²) in [6, 6.07) is 1.96. The van der Waals surface area contributed by atoms with Crippen LogP contribution < -0.4 is 5.73 Å². The lowest BCUT2D eigenvalue weighted by molar-refractivity contribution is 0.0690. The molecule has 5 nitrogen and oxygen atoms in total. The molecule has 0 bridgehead atoms. The van der Waals surface area contributed by atoms with Gasteiger partial charge in [0.1, 0.15) is 0 Å². The Morgan fingerprint density at radius 2 is 2.44 bits per heavy atom. The maximum Gasteiger partial charge on any atom is 0.358 e. The fourth-order valence-corrected chi connectivity index (χ4v) is 2.72. The van der Waals surface area contributed by atoms with Gasteiger partial charge in [0.05, 0.1) is 12.2 Å². The van der Waals surface area contributed by atoms with Crippen LogP contribution in [-0.4, -0.2) is 20.9 Å². The van der Waals surface area contributed by atoms with Gasteiger partial charge >= 0.3 is 5.97 Å². The number of aromatic nitrogens is 2. The summed E-state index contributed by atoms with van der Waals surface area (Å²) in [5, 5.41) is 14.6. The predicted molar refractivity (Wildman–Crippen MR) is 64.7 cm³/mol. The molecule has 2 aromatic heterocycles. The molecular weight excluding hydrogens is 294 g/mol. The average Bonchev–Trinajstić information content (AvgIpc) is 2.73. The van der Waals surface area contributed by atoms with E-state index in [0.717, 1.165) is 9.35 Å². The summed E-state index contributed by atoms with van der Waals surface area (Å²) in [5.41, 5.74) is 5.61. The first-order valence-corrected chi connectivity index (χ1v) is 6.02. The first-order valence-electron chi connectivity index (χ1n) is 4.35. The average molecular weight is 302 g/mol. The van der Waals surface area contributed by atoms with Gasteiger partial charge in [-0.05, 0) is 22.0 Å². The van der Waals surface area contributed by atoms with Crippen molar-refractivity contribution in [2.45, 2.75) is 6.54 Å². The van der Waals surface area contributed by atoms with Gasteiger partial charge in [-0.2, -0.15) is 5.10 Å². The monoisotopic (exact) mass is 301 g/mol. The molecule has 0 aliphatic rings. The molecule has 0 saturated heterocycles. The molecule has 0 saturated carbocycles. The molecule has 2 heterocycles. The summed E-state index contributed by atoms with van der Waals surface area (Å²) < 4.78 is 2.53. The van der Waals surface area contributed by atoms with Crippen LogP contribution in [0.3, 0.4) is 0 Å².